The van der Waals surface area contributed by atoms with E-state index >= 15 is 0 Å². The van der Waals surface area contributed by atoms with E-state index in [2.05, 4.69) is 9.71 Å². The average molecular weight is 427 g/mol. The summed E-state index contributed by atoms with van der Waals surface area (Å²) in [4.78, 5) is 5.46. The van der Waals surface area contributed by atoms with Crippen molar-refractivity contribution in [3.63, 3.8) is 0 Å². The summed E-state index contributed by atoms with van der Waals surface area (Å²) in [5, 5.41) is 0.726. The molecular weight excluding hydrogens is 408 g/mol. The molecule has 4 rings (SSSR count). The van der Waals surface area contributed by atoms with Gasteiger partial charge in [-0.3, -0.25) is 0 Å². The maximum absolute atomic E-state index is 12.6. The molecule has 2 aromatic carbocycles. The van der Waals surface area contributed by atoms with Crippen molar-refractivity contribution in [2.75, 3.05) is 0 Å². The van der Waals surface area contributed by atoms with Crippen molar-refractivity contribution >= 4 is 21.4 Å². The minimum atomic E-state index is -3.66. The van der Waals surface area contributed by atoms with Crippen molar-refractivity contribution in [2.45, 2.75) is 18.4 Å². The molecular formula is C21H18N2O4S2. The molecule has 2 aromatic heterocycles. The van der Waals surface area contributed by atoms with Crippen LogP contribution in [0.25, 0.3) is 10.8 Å². The predicted molar refractivity (Wildman–Crippen MR) is 112 cm³/mol. The highest BCUT2D eigenvalue weighted by Crippen LogP contribution is 2.28. The zero-order valence-electron chi connectivity index (χ0n) is 15.5. The normalized spacial score (nSPS) is 11.5. The van der Waals surface area contributed by atoms with Crippen molar-refractivity contribution in [3.8, 4) is 22.3 Å². The first-order valence-electron chi connectivity index (χ1n) is 8.84. The number of rotatable bonds is 7. The van der Waals surface area contributed by atoms with Gasteiger partial charge in [0.25, 0.3) is 0 Å². The van der Waals surface area contributed by atoms with E-state index in [0.29, 0.717) is 17.3 Å². The van der Waals surface area contributed by atoms with E-state index in [-0.39, 0.29) is 11.4 Å². The number of aryl methyl sites for hydroxylation is 1. The van der Waals surface area contributed by atoms with Crippen molar-refractivity contribution in [1.29, 1.82) is 0 Å². The summed E-state index contributed by atoms with van der Waals surface area (Å²) in [6.07, 6.45) is 1.58. The summed E-state index contributed by atoms with van der Waals surface area (Å²) >= 11 is 1.40. The standard InChI is InChI=1S/C21H18N2O4S2/c1-15-20(28-21(23-15)19-8-5-13-26-19)14-22-29(24,25)18-11-9-17(10-12-18)27-16-6-3-2-4-7-16/h2-13,22H,14H2,1H3. The van der Waals surface area contributed by atoms with E-state index in [1.54, 1.807) is 24.5 Å². The molecule has 4 aromatic rings. The van der Waals surface area contributed by atoms with Gasteiger partial charge in [-0.1, -0.05) is 18.2 Å². The van der Waals surface area contributed by atoms with Crippen LogP contribution in [-0.2, 0) is 16.6 Å². The van der Waals surface area contributed by atoms with Gasteiger partial charge in [0.15, 0.2) is 10.8 Å². The summed E-state index contributed by atoms with van der Waals surface area (Å²) in [7, 11) is -3.66. The first-order chi connectivity index (χ1) is 14.0. The average Bonchev–Trinajstić information content (AvgIpc) is 3.37. The number of aromatic nitrogens is 1. The van der Waals surface area contributed by atoms with E-state index in [1.165, 1.54) is 23.5 Å². The lowest BCUT2D eigenvalue weighted by Crippen LogP contribution is -2.23. The van der Waals surface area contributed by atoms with E-state index in [4.69, 9.17) is 9.15 Å². The molecule has 0 aliphatic rings. The topological polar surface area (TPSA) is 81.4 Å². The van der Waals surface area contributed by atoms with Crippen molar-refractivity contribution < 1.29 is 17.6 Å². The summed E-state index contributed by atoms with van der Waals surface area (Å²) in [5.41, 5.74) is 0.774. The molecule has 6 nitrogen and oxygen atoms in total. The Labute approximate surface area is 172 Å². The van der Waals surface area contributed by atoms with Crippen LogP contribution in [0.4, 0.5) is 0 Å². The lowest BCUT2D eigenvalue weighted by molar-refractivity contribution is 0.482. The summed E-state index contributed by atoms with van der Waals surface area (Å²) in [5.74, 6) is 1.92. The molecule has 0 amide bonds. The molecule has 0 atom stereocenters. The van der Waals surface area contributed by atoms with Crippen LogP contribution in [0.3, 0.4) is 0 Å². The highest BCUT2D eigenvalue weighted by molar-refractivity contribution is 7.89. The third kappa shape index (κ3) is 4.56. The van der Waals surface area contributed by atoms with Crippen LogP contribution in [0.2, 0.25) is 0 Å². The van der Waals surface area contributed by atoms with Crippen molar-refractivity contribution in [1.82, 2.24) is 9.71 Å². The number of sulfonamides is 1. The quantitative estimate of drug-likeness (QED) is 0.451. The van der Waals surface area contributed by atoms with Gasteiger partial charge in [-0.15, -0.1) is 11.3 Å². The minimum absolute atomic E-state index is 0.162. The fourth-order valence-corrected chi connectivity index (χ4v) is 4.71. The fraction of sp³-hybridized carbons (Fsp3) is 0.0952. The molecule has 1 N–H and O–H groups in total. The smallest absolute Gasteiger partial charge is 0.240 e. The molecule has 29 heavy (non-hydrogen) atoms. The number of nitrogens with zero attached hydrogens (tertiary/aromatic N) is 1. The number of ether oxygens (including phenoxy) is 1. The van der Waals surface area contributed by atoms with Crippen LogP contribution in [-0.4, -0.2) is 13.4 Å². The lowest BCUT2D eigenvalue weighted by Gasteiger charge is -2.08. The molecule has 8 heteroatoms. The van der Waals surface area contributed by atoms with Gasteiger partial charge in [-0.2, -0.15) is 0 Å². The third-order valence-corrected chi connectivity index (χ3v) is 6.75. The number of hydrogen-bond acceptors (Lipinski definition) is 6. The number of nitrogens with one attached hydrogen (secondary N) is 1. The van der Waals surface area contributed by atoms with E-state index < -0.39 is 10.0 Å². The zero-order valence-corrected chi connectivity index (χ0v) is 17.2. The molecule has 0 fully saturated rings. The Hall–Kier alpha value is -2.94. The van der Waals surface area contributed by atoms with Crippen LogP contribution in [0.15, 0.2) is 82.3 Å². The maximum atomic E-state index is 12.6. The third-order valence-electron chi connectivity index (χ3n) is 4.16. The van der Waals surface area contributed by atoms with Gasteiger partial charge >= 0.3 is 0 Å². The maximum Gasteiger partial charge on any atom is 0.240 e. The Balaban J connectivity index is 1.44. The highest BCUT2D eigenvalue weighted by atomic mass is 32.2. The fourth-order valence-electron chi connectivity index (χ4n) is 2.65. The second kappa shape index (κ2) is 8.20. The summed E-state index contributed by atoms with van der Waals surface area (Å²) in [6, 6.07) is 19.2. The van der Waals surface area contributed by atoms with Gasteiger partial charge in [-0.05, 0) is 55.5 Å². The molecule has 0 spiro atoms. The van der Waals surface area contributed by atoms with Crippen molar-refractivity contribution in [2.24, 2.45) is 0 Å². The number of benzene rings is 2. The second-order valence-corrected chi connectivity index (χ2v) is 9.07. The second-order valence-electron chi connectivity index (χ2n) is 6.22. The minimum Gasteiger partial charge on any atom is -0.462 e. The Morgan fingerprint density at radius 2 is 1.72 bits per heavy atom. The van der Waals surface area contributed by atoms with E-state index in [9.17, 15) is 8.42 Å². The first-order valence-corrected chi connectivity index (χ1v) is 11.1. The van der Waals surface area contributed by atoms with Crippen LogP contribution in [0, 0.1) is 6.92 Å². The van der Waals surface area contributed by atoms with Crippen LogP contribution < -0.4 is 9.46 Å². The van der Waals surface area contributed by atoms with Crippen LogP contribution in [0.1, 0.15) is 10.6 Å². The van der Waals surface area contributed by atoms with Gasteiger partial charge in [0.05, 0.1) is 16.9 Å². The monoisotopic (exact) mass is 426 g/mol. The summed E-state index contributed by atoms with van der Waals surface area (Å²) < 4.78 is 39.0. The molecule has 0 saturated carbocycles. The molecule has 0 bridgehead atoms. The van der Waals surface area contributed by atoms with Crippen LogP contribution >= 0.6 is 11.3 Å². The Kier molecular flexibility index (Phi) is 5.48. The largest absolute Gasteiger partial charge is 0.462 e. The molecule has 0 aliphatic carbocycles. The zero-order chi connectivity index (χ0) is 20.3. The number of furan rings is 1. The molecule has 2 heterocycles. The summed E-state index contributed by atoms with van der Waals surface area (Å²) in [6.45, 7) is 2.01. The number of thiazole rings is 1. The van der Waals surface area contributed by atoms with E-state index in [0.717, 1.165) is 15.6 Å². The molecule has 0 unspecified atom stereocenters. The first kappa shape index (κ1) is 19.4. The predicted octanol–water partition coefficient (Wildman–Crippen LogP) is 4.98. The van der Waals surface area contributed by atoms with Crippen LogP contribution in [0.5, 0.6) is 11.5 Å². The molecule has 0 aliphatic heterocycles. The van der Waals surface area contributed by atoms with Gasteiger partial charge in [0.2, 0.25) is 10.0 Å². The Bertz CT molecular complexity index is 1180. The van der Waals surface area contributed by atoms with Crippen molar-refractivity contribution in [3.05, 3.63) is 83.6 Å². The number of hydrogen-bond donors (Lipinski definition) is 1. The number of para-hydroxylation sites is 1. The Morgan fingerprint density at radius 1 is 1.00 bits per heavy atom. The lowest BCUT2D eigenvalue weighted by atomic mass is 10.3. The van der Waals surface area contributed by atoms with Gasteiger partial charge in [0, 0.05) is 11.4 Å². The molecule has 0 radical (unpaired) electrons. The SMILES string of the molecule is Cc1nc(-c2ccco2)sc1CNS(=O)(=O)c1ccc(Oc2ccccc2)cc1. The molecule has 148 valence electrons. The van der Waals surface area contributed by atoms with E-state index in [1.807, 2.05) is 43.3 Å². The van der Waals surface area contributed by atoms with Gasteiger partial charge in [-0.25, -0.2) is 18.1 Å². The highest BCUT2D eigenvalue weighted by Gasteiger charge is 2.17. The molecule has 0 saturated heterocycles. The van der Waals surface area contributed by atoms with Gasteiger partial charge < -0.3 is 9.15 Å². The van der Waals surface area contributed by atoms with Gasteiger partial charge in [0.1, 0.15) is 11.5 Å². The Morgan fingerprint density at radius 3 is 2.41 bits per heavy atom.